The minimum absolute atomic E-state index is 0.723. The third-order valence-electron chi connectivity index (χ3n) is 4.11. The highest BCUT2D eigenvalue weighted by Gasteiger charge is 2.09. The molecule has 0 bridgehead atoms. The molecule has 4 rings (SSSR count). The summed E-state index contributed by atoms with van der Waals surface area (Å²) < 4.78 is 0. The third-order valence-corrected chi connectivity index (χ3v) is 4.11. The van der Waals surface area contributed by atoms with Crippen molar-refractivity contribution in [1.29, 1.82) is 0 Å². The molecule has 4 aromatic rings. The number of nitrogens with zero attached hydrogens (tertiary/aromatic N) is 3. The van der Waals surface area contributed by atoms with E-state index in [1.54, 1.807) is 12.4 Å². The summed E-state index contributed by atoms with van der Waals surface area (Å²) in [7, 11) is 0. The molecule has 0 spiro atoms. The molecule has 3 aromatic carbocycles. The Morgan fingerprint density at radius 2 is 1.50 bits per heavy atom. The highest BCUT2D eigenvalue weighted by Crippen LogP contribution is 2.29. The Hall–Kier alpha value is -3.66. The van der Waals surface area contributed by atoms with Gasteiger partial charge in [-0.15, -0.1) is 0 Å². The van der Waals surface area contributed by atoms with E-state index in [4.69, 9.17) is 5.73 Å². The van der Waals surface area contributed by atoms with E-state index in [0.717, 1.165) is 22.8 Å². The van der Waals surface area contributed by atoms with E-state index in [1.807, 2.05) is 59.6 Å². The molecule has 0 amide bonds. The molecule has 0 aliphatic carbocycles. The Morgan fingerprint density at radius 3 is 2.27 bits per heavy atom. The van der Waals surface area contributed by atoms with Gasteiger partial charge in [-0.2, -0.15) is 5.10 Å². The van der Waals surface area contributed by atoms with Gasteiger partial charge in [-0.25, -0.2) is 5.01 Å². The molecular weight excluding hydrogens is 320 g/mol. The highest BCUT2D eigenvalue weighted by atomic mass is 15.5. The van der Waals surface area contributed by atoms with Crippen molar-refractivity contribution < 1.29 is 0 Å². The maximum atomic E-state index is 5.84. The highest BCUT2D eigenvalue weighted by molar-refractivity contribution is 5.87. The predicted molar refractivity (Wildman–Crippen MR) is 109 cm³/mol. The van der Waals surface area contributed by atoms with Gasteiger partial charge in [0.2, 0.25) is 0 Å². The zero-order chi connectivity index (χ0) is 17.8. The van der Waals surface area contributed by atoms with Crippen molar-refractivity contribution in [2.24, 2.45) is 5.10 Å². The van der Waals surface area contributed by atoms with Gasteiger partial charge in [0.1, 0.15) is 0 Å². The van der Waals surface area contributed by atoms with Crippen LogP contribution < -0.4 is 10.7 Å². The molecule has 0 saturated heterocycles. The van der Waals surface area contributed by atoms with Crippen molar-refractivity contribution in [2.75, 3.05) is 10.7 Å². The second kappa shape index (κ2) is 7.07. The summed E-state index contributed by atoms with van der Waals surface area (Å²) in [5, 5.41) is 8.93. The molecule has 0 fully saturated rings. The number of nitrogens with two attached hydrogens (primary N) is 1. The standard InChI is InChI=1S/C22H18N4/c23-19-9-12-21(13-10-19)26(25-16-20-7-3-4-14-24-20)22-11-8-17-5-1-2-6-18(17)15-22/h1-16H,23H2/b25-16+. The lowest BCUT2D eigenvalue weighted by Gasteiger charge is -2.20. The average Bonchev–Trinajstić information content (AvgIpc) is 2.70. The maximum Gasteiger partial charge on any atom is 0.0830 e. The van der Waals surface area contributed by atoms with Crippen LogP contribution in [0.2, 0.25) is 0 Å². The lowest BCUT2D eigenvalue weighted by molar-refractivity contribution is 1.09. The van der Waals surface area contributed by atoms with E-state index >= 15 is 0 Å². The SMILES string of the molecule is Nc1ccc(N(/N=C/c2ccccn2)c2ccc3ccccc3c2)cc1. The molecule has 2 N–H and O–H groups in total. The summed E-state index contributed by atoms with van der Waals surface area (Å²) in [4.78, 5) is 4.31. The fourth-order valence-corrected chi connectivity index (χ4v) is 2.78. The second-order valence-electron chi connectivity index (χ2n) is 5.93. The summed E-state index contributed by atoms with van der Waals surface area (Å²) in [6, 6.07) is 28.0. The molecule has 0 unspecified atom stereocenters. The zero-order valence-corrected chi connectivity index (χ0v) is 14.2. The number of hydrogen-bond acceptors (Lipinski definition) is 4. The topological polar surface area (TPSA) is 54.5 Å². The molecule has 4 nitrogen and oxygen atoms in total. The maximum absolute atomic E-state index is 5.84. The Balaban J connectivity index is 1.78. The van der Waals surface area contributed by atoms with Crippen molar-refractivity contribution >= 4 is 34.0 Å². The van der Waals surface area contributed by atoms with Crippen molar-refractivity contribution in [3.8, 4) is 0 Å². The van der Waals surface area contributed by atoms with Gasteiger partial charge < -0.3 is 5.73 Å². The molecular formula is C22H18N4. The molecule has 0 saturated carbocycles. The van der Waals surface area contributed by atoms with Gasteiger partial charge in [0.25, 0.3) is 0 Å². The van der Waals surface area contributed by atoms with Crippen LogP contribution in [0.25, 0.3) is 10.8 Å². The predicted octanol–water partition coefficient (Wildman–Crippen LogP) is 4.99. The van der Waals surface area contributed by atoms with E-state index < -0.39 is 0 Å². The summed E-state index contributed by atoms with van der Waals surface area (Å²) in [6.45, 7) is 0. The Kier molecular flexibility index (Phi) is 4.31. The fourth-order valence-electron chi connectivity index (χ4n) is 2.78. The fraction of sp³-hybridized carbons (Fsp3) is 0. The van der Waals surface area contributed by atoms with Crippen molar-refractivity contribution in [3.05, 3.63) is 96.8 Å². The number of anilines is 3. The van der Waals surface area contributed by atoms with E-state index in [-0.39, 0.29) is 0 Å². The van der Waals surface area contributed by atoms with Crippen LogP contribution in [0.5, 0.6) is 0 Å². The van der Waals surface area contributed by atoms with Gasteiger partial charge in [0.15, 0.2) is 0 Å². The number of fused-ring (bicyclic) bond motifs is 1. The molecule has 1 aromatic heterocycles. The van der Waals surface area contributed by atoms with E-state index in [0.29, 0.717) is 0 Å². The first-order valence-electron chi connectivity index (χ1n) is 8.39. The average molecular weight is 338 g/mol. The van der Waals surface area contributed by atoms with Gasteiger partial charge in [-0.1, -0.05) is 36.4 Å². The minimum Gasteiger partial charge on any atom is -0.399 e. The zero-order valence-electron chi connectivity index (χ0n) is 14.2. The molecule has 4 heteroatoms. The Bertz CT molecular complexity index is 1040. The van der Waals surface area contributed by atoms with Crippen LogP contribution >= 0.6 is 0 Å². The molecule has 1 heterocycles. The second-order valence-corrected chi connectivity index (χ2v) is 5.93. The van der Waals surface area contributed by atoms with Crippen LogP contribution in [0.1, 0.15) is 5.69 Å². The number of rotatable bonds is 4. The van der Waals surface area contributed by atoms with E-state index in [2.05, 4.69) is 40.4 Å². The first-order chi connectivity index (χ1) is 12.8. The molecule has 0 atom stereocenters. The van der Waals surface area contributed by atoms with Crippen LogP contribution in [0.4, 0.5) is 17.1 Å². The first kappa shape index (κ1) is 15.8. The monoisotopic (exact) mass is 338 g/mol. The van der Waals surface area contributed by atoms with Gasteiger partial charge in [-0.05, 0) is 59.3 Å². The number of aromatic nitrogens is 1. The van der Waals surface area contributed by atoms with Gasteiger partial charge in [0, 0.05) is 11.9 Å². The number of hydrogen-bond donors (Lipinski definition) is 1. The van der Waals surface area contributed by atoms with Crippen molar-refractivity contribution in [1.82, 2.24) is 4.98 Å². The molecule has 26 heavy (non-hydrogen) atoms. The number of pyridine rings is 1. The quantitative estimate of drug-likeness (QED) is 0.324. The largest absolute Gasteiger partial charge is 0.399 e. The molecule has 0 radical (unpaired) electrons. The molecule has 0 aliphatic heterocycles. The number of nitrogen functional groups attached to an aromatic ring is 1. The van der Waals surface area contributed by atoms with Crippen molar-refractivity contribution in [2.45, 2.75) is 0 Å². The third kappa shape index (κ3) is 3.39. The van der Waals surface area contributed by atoms with Gasteiger partial charge in [0.05, 0.1) is 23.3 Å². The number of hydrazone groups is 1. The van der Waals surface area contributed by atoms with Crippen LogP contribution in [0.3, 0.4) is 0 Å². The Labute approximate surface area is 152 Å². The van der Waals surface area contributed by atoms with Crippen LogP contribution in [-0.2, 0) is 0 Å². The van der Waals surface area contributed by atoms with Gasteiger partial charge in [-0.3, -0.25) is 4.98 Å². The summed E-state index contributed by atoms with van der Waals surface area (Å²) >= 11 is 0. The lowest BCUT2D eigenvalue weighted by atomic mass is 10.1. The summed E-state index contributed by atoms with van der Waals surface area (Å²) in [6.07, 6.45) is 3.51. The summed E-state index contributed by atoms with van der Waals surface area (Å²) in [5.74, 6) is 0. The van der Waals surface area contributed by atoms with Crippen LogP contribution in [-0.4, -0.2) is 11.2 Å². The van der Waals surface area contributed by atoms with Crippen LogP contribution in [0.15, 0.2) is 96.2 Å². The Morgan fingerprint density at radius 1 is 0.769 bits per heavy atom. The molecule has 0 aliphatic rings. The first-order valence-corrected chi connectivity index (χ1v) is 8.39. The number of benzene rings is 3. The normalized spacial score (nSPS) is 11.1. The minimum atomic E-state index is 0.723. The molecule has 126 valence electrons. The smallest absolute Gasteiger partial charge is 0.0830 e. The van der Waals surface area contributed by atoms with Gasteiger partial charge >= 0.3 is 0 Å². The lowest BCUT2D eigenvalue weighted by Crippen LogP contribution is -2.09. The van der Waals surface area contributed by atoms with Crippen LogP contribution in [0, 0.1) is 0 Å². The summed E-state index contributed by atoms with van der Waals surface area (Å²) in [5.41, 5.74) is 9.27. The van der Waals surface area contributed by atoms with Crippen molar-refractivity contribution in [3.63, 3.8) is 0 Å². The van der Waals surface area contributed by atoms with E-state index in [1.165, 1.54) is 10.8 Å². The van der Waals surface area contributed by atoms with E-state index in [9.17, 15) is 0 Å².